The lowest BCUT2D eigenvalue weighted by molar-refractivity contribution is -0.123. The molecule has 5 nitrogen and oxygen atoms in total. The van der Waals surface area contributed by atoms with E-state index in [1.54, 1.807) is 7.05 Å². The highest BCUT2D eigenvalue weighted by Gasteiger charge is 2.42. The third kappa shape index (κ3) is 2.99. The van der Waals surface area contributed by atoms with Crippen molar-refractivity contribution in [2.75, 3.05) is 20.1 Å². The first-order chi connectivity index (χ1) is 9.74. The lowest BCUT2D eigenvalue weighted by Crippen LogP contribution is -2.28. The molecule has 2 fully saturated rings. The highest BCUT2D eigenvalue weighted by molar-refractivity contribution is 5.76. The standard InChI is InChI=1S/C15H21N3O2/c1-16-15(19)7-13-6-12-9-18(10-14(12)20-13)8-11-2-4-17-5-3-11/h2-5,12-14H,6-10H2,1H3,(H,16,19)/t12-,13+,14+/m0/s1. The largest absolute Gasteiger partial charge is 0.373 e. The van der Waals surface area contributed by atoms with Crippen LogP contribution in [0.1, 0.15) is 18.4 Å². The van der Waals surface area contributed by atoms with Crippen molar-refractivity contribution >= 4 is 5.91 Å². The number of nitrogens with one attached hydrogen (secondary N) is 1. The Morgan fingerprint density at radius 3 is 2.95 bits per heavy atom. The Hall–Kier alpha value is -1.46. The quantitative estimate of drug-likeness (QED) is 0.883. The molecule has 2 saturated heterocycles. The fourth-order valence-corrected chi connectivity index (χ4v) is 3.26. The van der Waals surface area contributed by atoms with Crippen LogP contribution in [-0.4, -0.2) is 48.1 Å². The SMILES string of the molecule is CNC(=O)C[C@H]1C[C@H]2CN(Cc3ccncc3)C[C@H]2O1. The van der Waals surface area contributed by atoms with E-state index in [2.05, 4.69) is 27.3 Å². The number of amides is 1. The number of nitrogens with zero attached hydrogens (tertiary/aromatic N) is 2. The zero-order valence-corrected chi connectivity index (χ0v) is 11.8. The smallest absolute Gasteiger partial charge is 0.222 e. The molecular formula is C15H21N3O2. The van der Waals surface area contributed by atoms with Crippen molar-refractivity contribution < 1.29 is 9.53 Å². The van der Waals surface area contributed by atoms with Crippen molar-refractivity contribution in [2.24, 2.45) is 5.92 Å². The molecule has 1 aromatic rings. The van der Waals surface area contributed by atoms with Gasteiger partial charge in [-0.05, 0) is 24.1 Å². The lowest BCUT2D eigenvalue weighted by Gasteiger charge is -2.18. The predicted molar refractivity (Wildman–Crippen MR) is 75.0 cm³/mol. The molecule has 5 heteroatoms. The maximum Gasteiger partial charge on any atom is 0.222 e. The molecule has 0 spiro atoms. The lowest BCUT2D eigenvalue weighted by atomic mass is 10.0. The Kier molecular flexibility index (Phi) is 3.98. The van der Waals surface area contributed by atoms with Gasteiger partial charge in [0.2, 0.25) is 5.91 Å². The summed E-state index contributed by atoms with van der Waals surface area (Å²) in [5.74, 6) is 0.648. The highest BCUT2D eigenvalue weighted by Crippen LogP contribution is 2.34. The number of aromatic nitrogens is 1. The molecule has 3 atom stereocenters. The van der Waals surface area contributed by atoms with Crippen molar-refractivity contribution in [1.82, 2.24) is 15.2 Å². The first-order valence-corrected chi connectivity index (χ1v) is 7.22. The summed E-state index contributed by atoms with van der Waals surface area (Å²) in [5.41, 5.74) is 1.29. The summed E-state index contributed by atoms with van der Waals surface area (Å²) in [6.07, 6.45) is 5.57. The zero-order chi connectivity index (χ0) is 13.9. The first-order valence-electron chi connectivity index (χ1n) is 7.22. The number of carbonyl (C=O) groups is 1. The molecule has 0 bridgehead atoms. The monoisotopic (exact) mass is 275 g/mol. The van der Waals surface area contributed by atoms with Gasteiger partial charge in [0.15, 0.2) is 0 Å². The van der Waals surface area contributed by atoms with Crippen LogP contribution >= 0.6 is 0 Å². The van der Waals surface area contributed by atoms with Crippen molar-refractivity contribution in [3.63, 3.8) is 0 Å². The van der Waals surface area contributed by atoms with Crippen LogP contribution in [0.4, 0.5) is 0 Å². The van der Waals surface area contributed by atoms with E-state index < -0.39 is 0 Å². The van der Waals surface area contributed by atoms with Gasteiger partial charge in [-0.3, -0.25) is 14.7 Å². The fraction of sp³-hybridized carbons (Fsp3) is 0.600. The molecule has 20 heavy (non-hydrogen) atoms. The van der Waals surface area contributed by atoms with Crippen LogP contribution in [0.5, 0.6) is 0 Å². The van der Waals surface area contributed by atoms with Crippen LogP contribution in [0, 0.1) is 5.92 Å². The Bertz CT molecular complexity index is 451. The van der Waals surface area contributed by atoms with Crippen LogP contribution in [0.25, 0.3) is 0 Å². The van der Waals surface area contributed by atoms with E-state index in [-0.39, 0.29) is 12.0 Å². The third-order valence-corrected chi connectivity index (χ3v) is 4.24. The molecule has 0 radical (unpaired) electrons. The molecule has 1 N–H and O–H groups in total. The topological polar surface area (TPSA) is 54.5 Å². The number of hydrogen-bond donors (Lipinski definition) is 1. The fourth-order valence-electron chi connectivity index (χ4n) is 3.26. The average molecular weight is 275 g/mol. The normalized spacial score (nSPS) is 29.4. The van der Waals surface area contributed by atoms with Crippen LogP contribution in [0.3, 0.4) is 0 Å². The Morgan fingerprint density at radius 1 is 1.45 bits per heavy atom. The molecule has 1 amide bonds. The number of hydrogen-bond acceptors (Lipinski definition) is 4. The third-order valence-electron chi connectivity index (χ3n) is 4.24. The molecule has 108 valence electrons. The van der Waals surface area contributed by atoms with Gasteiger partial charge >= 0.3 is 0 Å². The molecule has 0 aromatic carbocycles. The maximum absolute atomic E-state index is 11.4. The second-order valence-corrected chi connectivity index (χ2v) is 5.72. The van der Waals surface area contributed by atoms with Crippen molar-refractivity contribution in [3.8, 4) is 0 Å². The number of likely N-dealkylation sites (tertiary alicyclic amines) is 1. The number of ether oxygens (including phenoxy) is 1. The van der Waals surface area contributed by atoms with Crippen molar-refractivity contribution in [1.29, 1.82) is 0 Å². The molecule has 0 unspecified atom stereocenters. The number of rotatable bonds is 4. The van der Waals surface area contributed by atoms with E-state index in [0.29, 0.717) is 18.4 Å². The molecule has 3 rings (SSSR count). The minimum atomic E-state index is 0.0728. The molecular weight excluding hydrogens is 254 g/mol. The number of carbonyl (C=O) groups excluding carboxylic acids is 1. The van der Waals surface area contributed by atoms with Gasteiger partial charge in [0.25, 0.3) is 0 Å². The maximum atomic E-state index is 11.4. The predicted octanol–water partition coefficient (Wildman–Crippen LogP) is 0.807. The van der Waals surface area contributed by atoms with Gasteiger partial charge in [0.1, 0.15) is 0 Å². The minimum absolute atomic E-state index is 0.0728. The second kappa shape index (κ2) is 5.89. The van der Waals surface area contributed by atoms with Crippen LogP contribution in [0.2, 0.25) is 0 Å². The molecule has 0 saturated carbocycles. The first kappa shape index (κ1) is 13.5. The van der Waals surface area contributed by atoms with Gasteiger partial charge in [-0.2, -0.15) is 0 Å². The number of fused-ring (bicyclic) bond motifs is 1. The summed E-state index contributed by atoms with van der Waals surface area (Å²) < 4.78 is 6.01. The molecule has 2 aliphatic heterocycles. The Labute approximate surface area is 119 Å². The van der Waals surface area contributed by atoms with E-state index in [9.17, 15) is 4.79 Å². The van der Waals surface area contributed by atoms with Crippen LogP contribution < -0.4 is 5.32 Å². The molecule has 2 aliphatic rings. The van der Waals surface area contributed by atoms with Gasteiger partial charge in [0.05, 0.1) is 18.6 Å². The summed E-state index contributed by atoms with van der Waals surface area (Å²) in [7, 11) is 1.68. The summed E-state index contributed by atoms with van der Waals surface area (Å²) in [6, 6.07) is 4.12. The minimum Gasteiger partial charge on any atom is -0.373 e. The van der Waals surface area contributed by atoms with Gasteiger partial charge in [-0.1, -0.05) is 0 Å². The summed E-state index contributed by atoms with van der Waals surface area (Å²) in [6.45, 7) is 2.99. The van der Waals surface area contributed by atoms with E-state index in [4.69, 9.17) is 4.74 Å². The van der Waals surface area contributed by atoms with E-state index >= 15 is 0 Å². The molecule has 0 aliphatic carbocycles. The summed E-state index contributed by atoms with van der Waals surface area (Å²) in [4.78, 5) is 17.9. The summed E-state index contributed by atoms with van der Waals surface area (Å²) in [5, 5.41) is 2.66. The van der Waals surface area contributed by atoms with E-state index in [0.717, 1.165) is 26.1 Å². The van der Waals surface area contributed by atoms with Gasteiger partial charge in [-0.15, -0.1) is 0 Å². The van der Waals surface area contributed by atoms with E-state index in [1.807, 2.05) is 12.4 Å². The van der Waals surface area contributed by atoms with Crippen LogP contribution in [-0.2, 0) is 16.1 Å². The highest BCUT2D eigenvalue weighted by atomic mass is 16.5. The van der Waals surface area contributed by atoms with Gasteiger partial charge in [-0.25, -0.2) is 0 Å². The van der Waals surface area contributed by atoms with Crippen LogP contribution in [0.15, 0.2) is 24.5 Å². The Balaban J connectivity index is 1.50. The summed E-state index contributed by atoms with van der Waals surface area (Å²) >= 11 is 0. The molecule has 1 aromatic heterocycles. The average Bonchev–Trinajstić information content (AvgIpc) is 2.97. The second-order valence-electron chi connectivity index (χ2n) is 5.72. The van der Waals surface area contributed by atoms with Gasteiger partial charge < -0.3 is 10.1 Å². The van der Waals surface area contributed by atoms with E-state index in [1.165, 1.54) is 5.56 Å². The van der Waals surface area contributed by atoms with Crippen molar-refractivity contribution in [3.05, 3.63) is 30.1 Å². The zero-order valence-electron chi connectivity index (χ0n) is 11.8. The van der Waals surface area contributed by atoms with Gasteiger partial charge in [0, 0.05) is 45.0 Å². The molecule has 3 heterocycles. The van der Waals surface area contributed by atoms with Crippen molar-refractivity contribution in [2.45, 2.75) is 31.6 Å². The number of pyridine rings is 1. The Morgan fingerprint density at radius 2 is 2.25 bits per heavy atom.